The molecule has 0 bridgehead atoms. The fourth-order valence-electron chi connectivity index (χ4n) is 1.82. The summed E-state index contributed by atoms with van der Waals surface area (Å²) < 4.78 is 0. The van der Waals surface area contributed by atoms with Gasteiger partial charge in [0.1, 0.15) is 0 Å². The summed E-state index contributed by atoms with van der Waals surface area (Å²) in [6, 6.07) is 0. The molecule has 0 aromatic heterocycles. The molecule has 2 unspecified atom stereocenters. The van der Waals surface area contributed by atoms with E-state index < -0.39 is 0 Å². The minimum absolute atomic E-state index is 0. The first-order chi connectivity index (χ1) is 6.93. The molecular formula is C11H25FeP3. The summed E-state index contributed by atoms with van der Waals surface area (Å²) in [7, 11) is 3.07. The topological polar surface area (TPSA) is 0 Å². The average molecular weight is 306 g/mol. The van der Waals surface area contributed by atoms with Crippen LogP contribution in [0.4, 0.5) is 0 Å². The fourth-order valence-corrected chi connectivity index (χ4v) is 8.87. The summed E-state index contributed by atoms with van der Waals surface area (Å²) >= 11 is 0. The Morgan fingerprint density at radius 1 is 0.933 bits per heavy atom. The van der Waals surface area contributed by atoms with Gasteiger partial charge in [-0.25, -0.2) is 0 Å². The van der Waals surface area contributed by atoms with Gasteiger partial charge in [-0.2, -0.15) is 0 Å². The van der Waals surface area contributed by atoms with Gasteiger partial charge in [-0.15, -0.1) is 25.1 Å². The molecule has 0 N–H and O–H groups in total. The van der Waals surface area contributed by atoms with Crippen LogP contribution in [0.1, 0.15) is 26.2 Å². The molecule has 92 valence electrons. The minimum Gasteiger partial charge on any atom is -0.121 e. The maximum absolute atomic E-state index is 2.32. The summed E-state index contributed by atoms with van der Waals surface area (Å²) in [6.45, 7) is 2.32. The van der Waals surface area contributed by atoms with Gasteiger partial charge < -0.3 is 0 Å². The quantitative estimate of drug-likeness (QED) is 0.418. The molecule has 1 saturated heterocycles. The molecule has 0 spiro atoms. The van der Waals surface area contributed by atoms with Crippen molar-refractivity contribution in [2.75, 3.05) is 43.1 Å². The Balaban J connectivity index is 0.00000196. The average Bonchev–Trinajstić information content (AvgIpc) is 2.32. The SMILES string of the molecule is CCCCCP1CCPCCPCC1.[Fe]. The summed E-state index contributed by atoms with van der Waals surface area (Å²) in [5.41, 5.74) is 0. The molecule has 0 aromatic rings. The summed E-state index contributed by atoms with van der Waals surface area (Å²) in [5, 5.41) is 0. The Kier molecular flexibility index (Phi) is 13.8. The van der Waals surface area contributed by atoms with Crippen molar-refractivity contribution in [1.29, 1.82) is 0 Å². The second-order valence-electron chi connectivity index (χ2n) is 4.05. The zero-order valence-electron chi connectivity index (χ0n) is 9.87. The summed E-state index contributed by atoms with van der Waals surface area (Å²) in [6.07, 6.45) is 15.5. The Morgan fingerprint density at radius 2 is 1.53 bits per heavy atom. The largest absolute Gasteiger partial charge is 0.121 e. The first kappa shape index (κ1) is 16.8. The van der Waals surface area contributed by atoms with Gasteiger partial charge in [0, 0.05) is 17.1 Å². The van der Waals surface area contributed by atoms with Gasteiger partial charge in [0.2, 0.25) is 0 Å². The van der Waals surface area contributed by atoms with Gasteiger partial charge in [0.15, 0.2) is 0 Å². The van der Waals surface area contributed by atoms with Crippen LogP contribution in [-0.2, 0) is 17.1 Å². The van der Waals surface area contributed by atoms with Gasteiger partial charge in [0.05, 0.1) is 0 Å². The third-order valence-electron chi connectivity index (χ3n) is 2.77. The first-order valence-corrected chi connectivity index (χ1v) is 10.8. The molecule has 1 heterocycles. The van der Waals surface area contributed by atoms with Crippen molar-refractivity contribution < 1.29 is 17.1 Å². The smallest absolute Gasteiger partial charge is 0 e. The van der Waals surface area contributed by atoms with E-state index in [9.17, 15) is 0 Å². The molecular weight excluding hydrogens is 281 g/mol. The van der Waals surface area contributed by atoms with Crippen molar-refractivity contribution in [2.45, 2.75) is 26.2 Å². The van der Waals surface area contributed by atoms with Gasteiger partial charge in [-0.05, 0) is 49.6 Å². The standard InChI is InChI=1S/C11H25P3.Fe/c1-2-3-4-9-14-10-7-12-5-6-13-8-11-14;/h12-13H,2-11H2,1H3;. The van der Waals surface area contributed by atoms with Crippen LogP contribution in [-0.4, -0.2) is 43.1 Å². The maximum atomic E-state index is 2.32. The van der Waals surface area contributed by atoms with Crippen LogP contribution >= 0.6 is 25.1 Å². The van der Waals surface area contributed by atoms with E-state index in [1.807, 2.05) is 0 Å². The molecule has 0 radical (unpaired) electrons. The third-order valence-corrected chi connectivity index (χ3v) is 9.18. The predicted octanol–water partition coefficient (Wildman–Crippen LogP) is 4.03. The van der Waals surface area contributed by atoms with E-state index in [0.29, 0.717) is 7.92 Å². The number of unbranched alkanes of at least 4 members (excludes halogenated alkanes) is 2. The van der Waals surface area contributed by atoms with E-state index in [-0.39, 0.29) is 17.1 Å². The van der Waals surface area contributed by atoms with E-state index >= 15 is 0 Å². The maximum Gasteiger partial charge on any atom is 0 e. The Hall–Kier alpha value is 1.81. The number of hydrogen-bond donors (Lipinski definition) is 0. The molecule has 0 saturated carbocycles. The van der Waals surface area contributed by atoms with Crippen LogP contribution < -0.4 is 0 Å². The molecule has 1 rings (SSSR count). The Morgan fingerprint density at radius 3 is 2.07 bits per heavy atom. The van der Waals surface area contributed by atoms with Gasteiger partial charge >= 0.3 is 0 Å². The molecule has 2 atom stereocenters. The van der Waals surface area contributed by atoms with Crippen molar-refractivity contribution in [1.82, 2.24) is 0 Å². The van der Waals surface area contributed by atoms with Crippen molar-refractivity contribution in [3.8, 4) is 0 Å². The van der Waals surface area contributed by atoms with Crippen LogP contribution in [0.25, 0.3) is 0 Å². The molecule has 1 aliphatic rings. The first-order valence-electron chi connectivity index (χ1n) is 6.07. The van der Waals surface area contributed by atoms with Crippen molar-refractivity contribution in [3.63, 3.8) is 0 Å². The van der Waals surface area contributed by atoms with Crippen LogP contribution in [0.2, 0.25) is 0 Å². The van der Waals surface area contributed by atoms with E-state index in [1.54, 1.807) is 43.1 Å². The Bertz CT molecular complexity index is 123. The van der Waals surface area contributed by atoms with Crippen LogP contribution in [0.3, 0.4) is 0 Å². The van der Waals surface area contributed by atoms with E-state index in [1.165, 1.54) is 36.4 Å². The fraction of sp³-hybridized carbons (Fsp3) is 1.00. The molecule has 15 heavy (non-hydrogen) atoms. The third kappa shape index (κ3) is 9.51. The van der Waals surface area contributed by atoms with Crippen molar-refractivity contribution in [3.05, 3.63) is 0 Å². The van der Waals surface area contributed by atoms with E-state index in [2.05, 4.69) is 6.92 Å². The molecule has 1 aliphatic heterocycles. The van der Waals surface area contributed by atoms with Crippen LogP contribution in [0, 0.1) is 0 Å². The normalized spacial score (nSPS) is 26.6. The molecule has 4 heteroatoms. The predicted molar refractivity (Wildman–Crippen MR) is 77.1 cm³/mol. The second kappa shape index (κ2) is 12.3. The summed E-state index contributed by atoms with van der Waals surface area (Å²) in [5.74, 6) is 0. The van der Waals surface area contributed by atoms with Gasteiger partial charge in [0.25, 0.3) is 0 Å². The number of hydrogen-bond acceptors (Lipinski definition) is 0. The molecule has 0 aliphatic carbocycles. The molecule has 0 nitrogen and oxygen atoms in total. The van der Waals surface area contributed by atoms with Crippen molar-refractivity contribution >= 4 is 25.1 Å². The zero-order chi connectivity index (χ0) is 10.1. The van der Waals surface area contributed by atoms with E-state index in [0.717, 1.165) is 0 Å². The minimum atomic E-state index is 0. The number of rotatable bonds is 4. The molecule has 0 aromatic carbocycles. The molecule has 1 fully saturated rings. The van der Waals surface area contributed by atoms with Crippen LogP contribution in [0.15, 0.2) is 0 Å². The second-order valence-corrected chi connectivity index (χ2v) is 9.73. The Labute approximate surface area is 111 Å². The van der Waals surface area contributed by atoms with Crippen molar-refractivity contribution in [2.24, 2.45) is 0 Å². The van der Waals surface area contributed by atoms with Crippen LogP contribution in [0.5, 0.6) is 0 Å². The zero-order valence-corrected chi connectivity index (χ0v) is 13.9. The van der Waals surface area contributed by atoms with Gasteiger partial charge in [-0.1, -0.05) is 19.8 Å². The summed E-state index contributed by atoms with van der Waals surface area (Å²) in [4.78, 5) is 0. The molecule has 0 amide bonds. The monoisotopic (exact) mass is 306 g/mol. The van der Waals surface area contributed by atoms with E-state index in [4.69, 9.17) is 0 Å². The van der Waals surface area contributed by atoms with Gasteiger partial charge in [-0.3, -0.25) is 0 Å².